The van der Waals surface area contributed by atoms with Crippen LogP contribution in [0, 0.1) is 5.82 Å². The molecule has 0 spiro atoms. The number of hydrogen-bond donors (Lipinski definition) is 1. The number of ether oxygens (including phenoxy) is 1. The molecule has 1 fully saturated rings. The Morgan fingerprint density at radius 2 is 1.92 bits per heavy atom. The Bertz CT molecular complexity index is 733. The summed E-state index contributed by atoms with van der Waals surface area (Å²) in [5.41, 5.74) is 1.78. The average Bonchev–Trinajstić information content (AvgIpc) is 2.58. The Morgan fingerprint density at radius 1 is 1.17 bits per heavy atom. The second kappa shape index (κ2) is 7.64. The van der Waals surface area contributed by atoms with Crippen LogP contribution in [0.5, 0.6) is 0 Å². The molecule has 1 aliphatic rings. The van der Waals surface area contributed by atoms with Crippen LogP contribution < -0.4 is 10.2 Å². The van der Waals surface area contributed by atoms with Crippen LogP contribution in [-0.2, 0) is 16.0 Å². The number of carbonyl (C=O) groups excluding carboxylic acids is 1. The van der Waals surface area contributed by atoms with Crippen molar-refractivity contribution in [2.24, 2.45) is 0 Å². The summed E-state index contributed by atoms with van der Waals surface area (Å²) in [5, 5.41) is 3.42. The van der Waals surface area contributed by atoms with Gasteiger partial charge in [0.25, 0.3) is 0 Å². The third kappa shape index (κ3) is 3.86. The molecule has 3 rings (SSSR count). The summed E-state index contributed by atoms with van der Waals surface area (Å²) in [4.78, 5) is 14.4. The minimum absolute atomic E-state index is 0.0261. The molecule has 0 aliphatic carbocycles. The minimum Gasteiger partial charge on any atom is -0.378 e. The first kappa shape index (κ1) is 16.7. The van der Waals surface area contributed by atoms with Gasteiger partial charge in [0.2, 0.25) is 5.91 Å². The van der Waals surface area contributed by atoms with Crippen LogP contribution in [0.2, 0.25) is 5.02 Å². The number of rotatable bonds is 4. The summed E-state index contributed by atoms with van der Waals surface area (Å²) in [6, 6.07) is 11.6. The van der Waals surface area contributed by atoms with Gasteiger partial charge in [-0.3, -0.25) is 4.79 Å². The van der Waals surface area contributed by atoms with Gasteiger partial charge in [0.1, 0.15) is 5.82 Å². The van der Waals surface area contributed by atoms with Crippen molar-refractivity contribution in [1.29, 1.82) is 0 Å². The lowest BCUT2D eigenvalue weighted by atomic mass is 10.1. The second-order valence-corrected chi connectivity index (χ2v) is 5.96. The maximum atomic E-state index is 13.7. The van der Waals surface area contributed by atoms with Gasteiger partial charge in [0.05, 0.1) is 36.0 Å². The predicted molar refractivity (Wildman–Crippen MR) is 93.2 cm³/mol. The third-order valence-corrected chi connectivity index (χ3v) is 4.20. The Hall–Kier alpha value is -2.11. The Kier molecular flexibility index (Phi) is 5.33. The molecule has 1 heterocycles. The van der Waals surface area contributed by atoms with Gasteiger partial charge in [-0.2, -0.15) is 0 Å². The maximum absolute atomic E-state index is 13.7. The Balaban J connectivity index is 1.78. The van der Waals surface area contributed by atoms with Crippen LogP contribution in [0.4, 0.5) is 15.8 Å². The van der Waals surface area contributed by atoms with Gasteiger partial charge in [0, 0.05) is 13.1 Å². The number of halogens is 2. The normalized spacial score (nSPS) is 14.5. The number of hydrogen-bond acceptors (Lipinski definition) is 3. The number of carbonyl (C=O) groups is 1. The quantitative estimate of drug-likeness (QED) is 0.919. The molecule has 2 aromatic rings. The van der Waals surface area contributed by atoms with E-state index in [1.165, 1.54) is 6.07 Å². The molecule has 0 aromatic heterocycles. The number of nitrogens with zero attached hydrogens (tertiary/aromatic N) is 1. The SMILES string of the molecule is O=C(Cc1ccccc1F)Nc1cccc(Cl)c1N1CCOCC1. The first-order chi connectivity index (χ1) is 11.6. The summed E-state index contributed by atoms with van der Waals surface area (Å²) >= 11 is 6.34. The van der Waals surface area contributed by atoms with Crippen molar-refractivity contribution in [3.8, 4) is 0 Å². The molecule has 0 atom stereocenters. The monoisotopic (exact) mass is 348 g/mol. The topological polar surface area (TPSA) is 41.6 Å². The van der Waals surface area contributed by atoms with Crippen LogP contribution in [0.15, 0.2) is 42.5 Å². The van der Waals surface area contributed by atoms with Crippen LogP contribution >= 0.6 is 11.6 Å². The van der Waals surface area contributed by atoms with Gasteiger partial charge < -0.3 is 15.0 Å². The molecule has 0 bridgehead atoms. The molecule has 0 radical (unpaired) electrons. The van der Waals surface area contributed by atoms with E-state index in [4.69, 9.17) is 16.3 Å². The van der Waals surface area contributed by atoms with Crippen LogP contribution in [0.1, 0.15) is 5.56 Å². The number of benzene rings is 2. The lowest BCUT2D eigenvalue weighted by molar-refractivity contribution is -0.115. The molecule has 2 aromatic carbocycles. The molecular formula is C18H18ClFN2O2. The van der Waals surface area contributed by atoms with Crippen molar-refractivity contribution in [1.82, 2.24) is 0 Å². The van der Waals surface area contributed by atoms with Gasteiger partial charge in [-0.25, -0.2) is 4.39 Å². The van der Waals surface area contributed by atoms with Crippen LogP contribution in [0.3, 0.4) is 0 Å². The van der Waals surface area contributed by atoms with E-state index in [1.807, 2.05) is 0 Å². The number of para-hydroxylation sites is 1. The van der Waals surface area contributed by atoms with Crippen molar-refractivity contribution in [2.75, 3.05) is 36.5 Å². The van der Waals surface area contributed by atoms with Crippen molar-refractivity contribution >= 4 is 28.9 Å². The first-order valence-electron chi connectivity index (χ1n) is 7.79. The summed E-state index contributed by atoms with van der Waals surface area (Å²) in [5.74, 6) is -0.663. The van der Waals surface area contributed by atoms with Gasteiger partial charge in [0.15, 0.2) is 0 Å². The van der Waals surface area contributed by atoms with E-state index in [-0.39, 0.29) is 18.1 Å². The predicted octanol–water partition coefficient (Wildman–Crippen LogP) is 3.50. The second-order valence-electron chi connectivity index (χ2n) is 5.55. The fraction of sp³-hybridized carbons (Fsp3) is 0.278. The molecule has 4 nitrogen and oxygen atoms in total. The van der Waals surface area contributed by atoms with Crippen LogP contribution in [-0.4, -0.2) is 32.2 Å². The molecule has 0 unspecified atom stereocenters. The summed E-state index contributed by atoms with van der Waals surface area (Å²) in [6.07, 6.45) is -0.0261. The number of morpholine rings is 1. The van der Waals surface area contributed by atoms with Gasteiger partial charge in [-0.1, -0.05) is 35.9 Å². The van der Waals surface area contributed by atoms with Crippen molar-refractivity contribution in [3.63, 3.8) is 0 Å². The third-order valence-electron chi connectivity index (χ3n) is 3.90. The van der Waals surface area contributed by atoms with Gasteiger partial charge in [-0.05, 0) is 23.8 Å². The van der Waals surface area contributed by atoms with Gasteiger partial charge in [-0.15, -0.1) is 0 Å². The lowest BCUT2D eigenvalue weighted by Gasteiger charge is -2.31. The standard InChI is InChI=1S/C18H18ClFN2O2/c19-14-5-3-7-16(18(14)22-8-10-24-11-9-22)21-17(23)12-13-4-1-2-6-15(13)20/h1-7H,8-12H2,(H,21,23). The zero-order valence-corrected chi connectivity index (χ0v) is 13.9. The Labute approximate surface area is 145 Å². The highest BCUT2D eigenvalue weighted by Crippen LogP contribution is 2.34. The highest BCUT2D eigenvalue weighted by atomic mass is 35.5. The number of amides is 1. The van der Waals surface area contributed by atoms with E-state index in [0.29, 0.717) is 42.6 Å². The lowest BCUT2D eigenvalue weighted by Crippen LogP contribution is -2.37. The van der Waals surface area contributed by atoms with Crippen molar-refractivity contribution < 1.29 is 13.9 Å². The van der Waals surface area contributed by atoms with Crippen molar-refractivity contribution in [2.45, 2.75) is 6.42 Å². The van der Waals surface area contributed by atoms with E-state index < -0.39 is 0 Å². The minimum atomic E-state index is -0.382. The number of nitrogens with one attached hydrogen (secondary N) is 1. The fourth-order valence-corrected chi connectivity index (χ4v) is 3.03. The zero-order chi connectivity index (χ0) is 16.9. The molecule has 24 heavy (non-hydrogen) atoms. The summed E-state index contributed by atoms with van der Waals surface area (Å²) in [6.45, 7) is 2.65. The fourth-order valence-electron chi connectivity index (χ4n) is 2.73. The average molecular weight is 349 g/mol. The number of anilines is 2. The van der Waals surface area contributed by atoms with Gasteiger partial charge >= 0.3 is 0 Å². The van der Waals surface area contributed by atoms with Crippen molar-refractivity contribution in [3.05, 3.63) is 58.9 Å². The molecular weight excluding hydrogens is 331 g/mol. The van der Waals surface area contributed by atoms with E-state index in [2.05, 4.69) is 10.2 Å². The van der Waals surface area contributed by atoms with E-state index in [0.717, 1.165) is 5.69 Å². The Morgan fingerprint density at radius 3 is 2.67 bits per heavy atom. The molecule has 1 N–H and O–H groups in total. The molecule has 1 saturated heterocycles. The maximum Gasteiger partial charge on any atom is 0.228 e. The first-order valence-corrected chi connectivity index (χ1v) is 8.17. The zero-order valence-electron chi connectivity index (χ0n) is 13.1. The molecule has 6 heteroatoms. The highest BCUT2D eigenvalue weighted by Gasteiger charge is 2.19. The summed E-state index contributed by atoms with van der Waals surface area (Å²) < 4.78 is 19.1. The molecule has 1 aliphatic heterocycles. The van der Waals surface area contributed by atoms with Crippen LogP contribution in [0.25, 0.3) is 0 Å². The van der Waals surface area contributed by atoms with E-state index >= 15 is 0 Å². The van der Waals surface area contributed by atoms with E-state index in [1.54, 1.807) is 36.4 Å². The molecule has 1 amide bonds. The van der Waals surface area contributed by atoms with E-state index in [9.17, 15) is 9.18 Å². The largest absolute Gasteiger partial charge is 0.378 e. The highest BCUT2D eigenvalue weighted by molar-refractivity contribution is 6.34. The molecule has 126 valence electrons. The smallest absolute Gasteiger partial charge is 0.228 e. The summed E-state index contributed by atoms with van der Waals surface area (Å²) in [7, 11) is 0. The molecule has 0 saturated carbocycles.